The molecule has 0 aromatic rings. The first kappa shape index (κ1) is 15.1. The summed E-state index contributed by atoms with van der Waals surface area (Å²) in [6, 6.07) is -0.0476. The number of nitrogens with one attached hydrogen (secondary N) is 1. The molecule has 2 N–H and O–H groups in total. The lowest BCUT2D eigenvalue weighted by Gasteiger charge is -2.31. The first-order valence-electron chi connectivity index (χ1n) is 7.09. The predicted molar refractivity (Wildman–Crippen MR) is 70.5 cm³/mol. The van der Waals surface area contributed by atoms with Crippen molar-refractivity contribution in [3.05, 3.63) is 0 Å². The van der Waals surface area contributed by atoms with Crippen LogP contribution in [0.3, 0.4) is 0 Å². The third kappa shape index (κ3) is 4.64. The van der Waals surface area contributed by atoms with Crippen LogP contribution in [0, 0.1) is 5.92 Å². The van der Waals surface area contributed by atoms with Crippen molar-refractivity contribution in [1.29, 1.82) is 0 Å². The van der Waals surface area contributed by atoms with Crippen molar-refractivity contribution >= 4 is 12.0 Å². The molecule has 2 aliphatic rings. The van der Waals surface area contributed by atoms with E-state index in [-0.39, 0.29) is 18.7 Å². The fourth-order valence-electron chi connectivity index (χ4n) is 2.50. The first-order chi connectivity index (χ1) is 9.65. The van der Waals surface area contributed by atoms with Crippen LogP contribution in [0.1, 0.15) is 19.3 Å². The number of carbonyl (C=O) groups is 2. The Hall–Kier alpha value is -1.34. The Bertz CT molecular complexity index is 336. The van der Waals surface area contributed by atoms with E-state index in [4.69, 9.17) is 14.6 Å². The summed E-state index contributed by atoms with van der Waals surface area (Å²) in [5, 5.41) is 11.5. The molecule has 0 radical (unpaired) electrons. The number of hydrogen-bond acceptors (Lipinski definition) is 4. The van der Waals surface area contributed by atoms with Crippen LogP contribution in [0.4, 0.5) is 4.79 Å². The number of piperidine rings is 1. The molecule has 0 bridgehead atoms. The van der Waals surface area contributed by atoms with Crippen molar-refractivity contribution in [3.8, 4) is 0 Å². The highest BCUT2D eigenvalue weighted by Crippen LogP contribution is 2.14. The number of carboxylic acids is 1. The van der Waals surface area contributed by atoms with Gasteiger partial charge in [0.15, 0.2) is 0 Å². The van der Waals surface area contributed by atoms with Crippen molar-refractivity contribution in [3.63, 3.8) is 0 Å². The van der Waals surface area contributed by atoms with Crippen molar-refractivity contribution in [2.45, 2.75) is 25.4 Å². The molecule has 0 aliphatic carbocycles. The maximum Gasteiger partial charge on any atom is 0.329 e. The van der Waals surface area contributed by atoms with Crippen LogP contribution in [0.2, 0.25) is 0 Å². The summed E-state index contributed by atoms with van der Waals surface area (Å²) < 4.78 is 10.5. The van der Waals surface area contributed by atoms with Crippen LogP contribution in [-0.4, -0.2) is 67.6 Å². The quantitative estimate of drug-likeness (QED) is 0.759. The Kier molecular flexibility index (Phi) is 5.60. The minimum absolute atomic E-state index is 0.0476. The van der Waals surface area contributed by atoms with E-state index in [0.717, 1.165) is 19.6 Å². The molecular weight excluding hydrogens is 264 g/mol. The summed E-state index contributed by atoms with van der Waals surface area (Å²) in [4.78, 5) is 24.1. The largest absolute Gasteiger partial charge is 0.480 e. The van der Waals surface area contributed by atoms with Crippen molar-refractivity contribution in [2.75, 3.05) is 39.5 Å². The molecule has 2 amide bonds. The lowest BCUT2D eigenvalue weighted by atomic mass is 10.1. The Labute approximate surface area is 118 Å². The van der Waals surface area contributed by atoms with Gasteiger partial charge in [0, 0.05) is 32.2 Å². The highest BCUT2D eigenvalue weighted by Gasteiger charge is 2.24. The molecule has 0 aromatic heterocycles. The van der Waals surface area contributed by atoms with Crippen LogP contribution in [0.15, 0.2) is 0 Å². The molecule has 2 aliphatic heterocycles. The SMILES string of the molecule is O=C(O)COC1CCN(C(=O)NCC2CCOC2)CC1. The van der Waals surface area contributed by atoms with Gasteiger partial charge < -0.3 is 24.8 Å². The van der Waals surface area contributed by atoms with Gasteiger partial charge in [0.05, 0.1) is 12.7 Å². The van der Waals surface area contributed by atoms with Gasteiger partial charge in [0.2, 0.25) is 0 Å². The van der Waals surface area contributed by atoms with Gasteiger partial charge in [-0.1, -0.05) is 0 Å². The number of urea groups is 1. The number of ether oxygens (including phenoxy) is 2. The number of likely N-dealkylation sites (tertiary alicyclic amines) is 1. The Morgan fingerprint density at radius 3 is 2.65 bits per heavy atom. The van der Waals surface area contributed by atoms with Crippen molar-refractivity contribution < 1.29 is 24.2 Å². The number of rotatable bonds is 5. The van der Waals surface area contributed by atoms with Crippen molar-refractivity contribution in [2.24, 2.45) is 5.92 Å². The molecule has 2 heterocycles. The number of hydrogen-bond donors (Lipinski definition) is 2. The second-order valence-electron chi connectivity index (χ2n) is 5.31. The first-order valence-corrected chi connectivity index (χ1v) is 7.09. The van der Waals surface area contributed by atoms with Gasteiger partial charge in [0.1, 0.15) is 6.61 Å². The van der Waals surface area contributed by atoms with Crippen LogP contribution in [-0.2, 0) is 14.3 Å². The van der Waals surface area contributed by atoms with Gasteiger partial charge in [-0.3, -0.25) is 0 Å². The predicted octanol–water partition coefficient (Wildman–Crippen LogP) is 0.298. The Morgan fingerprint density at radius 2 is 2.05 bits per heavy atom. The van der Waals surface area contributed by atoms with Gasteiger partial charge >= 0.3 is 12.0 Å². The standard InChI is InChI=1S/C13H22N2O5/c16-12(17)9-20-11-1-4-15(5-2-11)13(18)14-7-10-3-6-19-8-10/h10-11H,1-9H2,(H,14,18)(H,16,17). The van der Waals surface area contributed by atoms with E-state index >= 15 is 0 Å². The molecule has 2 rings (SSSR count). The third-order valence-electron chi connectivity index (χ3n) is 3.74. The summed E-state index contributed by atoms with van der Waals surface area (Å²) in [6.07, 6.45) is 2.32. The van der Waals surface area contributed by atoms with Gasteiger partial charge in [-0.25, -0.2) is 9.59 Å². The molecule has 1 unspecified atom stereocenters. The summed E-state index contributed by atoms with van der Waals surface area (Å²) in [7, 11) is 0. The number of aliphatic carboxylic acids is 1. The van der Waals surface area contributed by atoms with Crippen LogP contribution in [0.5, 0.6) is 0 Å². The van der Waals surface area contributed by atoms with E-state index in [1.54, 1.807) is 4.90 Å². The van der Waals surface area contributed by atoms with Gasteiger partial charge in [-0.15, -0.1) is 0 Å². The summed E-state index contributed by atoms with van der Waals surface area (Å²) in [5.41, 5.74) is 0. The zero-order chi connectivity index (χ0) is 14.4. The molecule has 2 fully saturated rings. The third-order valence-corrected chi connectivity index (χ3v) is 3.74. The number of carbonyl (C=O) groups excluding carboxylic acids is 1. The average Bonchev–Trinajstić information content (AvgIpc) is 2.96. The van der Waals surface area contributed by atoms with Crippen LogP contribution in [0.25, 0.3) is 0 Å². The minimum Gasteiger partial charge on any atom is -0.480 e. The molecule has 114 valence electrons. The summed E-state index contributed by atoms with van der Waals surface area (Å²) in [5.74, 6) is -0.528. The zero-order valence-electron chi connectivity index (χ0n) is 11.5. The van der Waals surface area contributed by atoms with E-state index in [1.165, 1.54) is 0 Å². The smallest absolute Gasteiger partial charge is 0.329 e. The molecule has 7 nitrogen and oxygen atoms in total. The Morgan fingerprint density at radius 1 is 1.30 bits per heavy atom. The van der Waals surface area contributed by atoms with E-state index in [0.29, 0.717) is 38.4 Å². The van der Waals surface area contributed by atoms with Gasteiger partial charge in [0.25, 0.3) is 0 Å². The number of carboxylic acid groups (broad SMARTS) is 1. The van der Waals surface area contributed by atoms with E-state index < -0.39 is 5.97 Å². The molecular formula is C13H22N2O5. The maximum atomic E-state index is 12.0. The molecule has 2 saturated heterocycles. The fourth-order valence-corrected chi connectivity index (χ4v) is 2.50. The van der Waals surface area contributed by atoms with E-state index in [9.17, 15) is 9.59 Å². The topological polar surface area (TPSA) is 88.1 Å². The Balaban J connectivity index is 1.62. The molecule has 20 heavy (non-hydrogen) atoms. The lowest BCUT2D eigenvalue weighted by Crippen LogP contribution is -2.47. The van der Waals surface area contributed by atoms with E-state index in [1.807, 2.05) is 0 Å². The molecule has 0 aromatic carbocycles. The number of amides is 2. The summed E-state index contributed by atoms with van der Waals surface area (Å²) in [6.45, 7) is 3.12. The second kappa shape index (κ2) is 7.44. The molecule has 7 heteroatoms. The van der Waals surface area contributed by atoms with E-state index in [2.05, 4.69) is 5.32 Å². The second-order valence-corrected chi connectivity index (χ2v) is 5.31. The molecule has 0 saturated carbocycles. The van der Waals surface area contributed by atoms with Gasteiger partial charge in [-0.05, 0) is 19.3 Å². The normalized spacial score (nSPS) is 23.8. The average molecular weight is 286 g/mol. The monoisotopic (exact) mass is 286 g/mol. The van der Waals surface area contributed by atoms with Gasteiger partial charge in [-0.2, -0.15) is 0 Å². The lowest BCUT2D eigenvalue weighted by molar-refractivity contribution is -0.145. The summed E-state index contributed by atoms with van der Waals surface area (Å²) >= 11 is 0. The minimum atomic E-state index is -0.955. The van der Waals surface area contributed by atoms with Crippen LogP contribution < -0.4 is 5.32 Å². The molecule has 1 atom stereocenters. The molecule has 0 spiro atoms. The maximum absolute atomic E-state index is 12.0. The fraction of sp³-hybridized carbons (Fsp3) is 0.846. The van der Waals surface area contributed by atoms with Crippen LogP contribution >= 0.6 is 0 Å². The number of nitrogens with zero attached hydrogens (tertiary/aromatic N) is 1. The highest BCUT2D eigenvalue weighted by atomic mass is 16.5. The highest BCUT2D eigenvalue weighted by molar-refractivity contribution is 5.74. The van der Waals surface area contributed by atoms with Crippen molar-refractivity contribution in [1.82, 2.24) is 10.2 Å². The zero-order valence-corrected chi connectivity index (χ0v) is 11.5.